The zero-order valence-electron chi connectivity index (χ0n) is 12.1. The van der Waals surface area contributed by atoms with Crippen LogP contribution in [0.4, 0.5) is 0 Å². The van der Waals surface area contributed by atoms with Crippen molar-refractivity contribution < 1.29 is 14.7 Å². The maximum absolute atomic E-state index is 12.0. The smallest absolute Gasteiger partial charge is 0.170 e. The van der Waals surface area contributed by atoms with Gasteiger partial charge in [-0.05, 0) is 24.5 Å². The first-order valence-electron chi connectivity index (χ1n) is 7.09. The fourth-order valence-electron chi connectivity index (χ4n) is 2.63. The predicted octanol–water partition coefficient (Wildman–Crippen LogP) is 3.68. The van der Waals surface area contributed by atoms with Gasteiger partial charge in [0, 0.05) is 24.5 Å². The van der Waals surface area contributed by atoms with Gasteiger partial charge in [0.15, 0.2) is 11.6 Å². The maximum atomic E-state index is 12.0. The number of ketones is 2. The van der Waals surface area contributed by atoms with Crippen molar-refractivity contribution in [3.05, 3.63) is 11.3 Å². The van der Waals surface area contributed by atoms with E-state index in [9.17, 15) is 14.7 Å². The van der Waals surface area contributed by atoms with E-state index < -0.39 is 0 Å². The monoisotopic (exact) mass is 284 g/mol. The molecule has 0 amide bonds. The number of aliphatic hydroxyl groups is 1. The first-order chi connectivity index (χ1) is 8.99. The molecule has 4 heteroatoms. The molecule has 1 aliphatic rings. The Morgan fingerprint density at radius 2 is 2.11 bits per heavy atom. The first-order valence-corrected chi connectivity index (χ1v) is 8.14. The Balaban J connectivity index is 2.69. The van der Waals surface area contributed by atoms with Crippen molar-refractivity contribution >= 4 is 23.3 Å². The lowest BCUT2D eigenvalue weighted by Gasteiger charge is -2.25. The molecule has 19 heavy (non-hydrogen) atoms. The Morgan fingerprint density at radius 3 is 2.63 bits per heavy atom. The summed E-state index contributed by atoms with van der Waals surface area (Å²) in [6, 6.07) is 0. The number of carbonyl (C=O) groups is 2. The lowest BCUT2D eigenvalue weighted by atomic mass is 9.82. The third kappa shape index (κ3) is 4.68. The molecule has 1 rings (SSSR count). The van der Waals surface area contributed by atoms with Crippen LogP contribution in [0.5, 0.6) is 0 Å². The summed E-state index contributed by atoms with van der Waals surface area (Å²) in [4.78, 5) is 23.8. The van der Waals surface area contributed by atoms with E-state index >= 15 is 0 Å². The summed E-state index contributed by atoms with van der Waals surface area (Å²) in [6.45, 7) is 6.17. The summed E-state index contributed by atoms with van der Waals surface area (Å²) >= 11 is 1.87. The minimum Gasteiger partial charge on any atom is -0.511 e. The highest BCUT2D eigenvalue weighted by Gasteiger charge is 2.31. The average Bonchev–Trinajstić information content (AvgIpc) is 2.28. The van der Waals surface area contributed by atoms with E-state index in [0.717, 1.165) is 12.2 Å². The largest absolute Gasteiger partial charge is 0.511 e. The van der Waals surface area contributed by atoms with Gasteiger partial charge in [0.2, 0.25) is 0 Å². The van der Waals surface area contributed by atoms with Gasteiger partial charge in [0.05, 0.1) is 5.57 Å². The first kappa shape index (κ1) is 16.3. The second-order valence-corrected chi connectivity index (χ2v) is 6.91. The summed E-state index contributed by atoms with van der Waals surface area (Å²) < 4.78 is 0. The zero-order valence-corrected chi connectivity index (χ0v) is 12.9. The average molecular weight is 284 g/mol. The highest BCUT2D eigenvalue weighted by molar-refractivity contribution is 7.99. The van der Waals surface area contributed by atoms with Crippen LogP contribution in [0, 0.1) is 5.92 Å². The van der Waals surface area contributed by atoms with E-state index in [4.69, 9.17) is 0 Å². The lowest BCUT2D eigenvalue weighted by Crippen LogP contribution is -2.25. The van der Waals surface area contributed by atoms with Gasteiger partial charge in [-0.1, -0.05) is 20.8 Å². The topological polar surface area (TPSA) is 54.4 Å². The molecule has 108 valence electrons. The molecule has 1 aliphatic carbocycles. The molecular formula is C15H24O3S. The number of Topliss-reactive ketones (excluding diaryl/α,β-unsaturated/α-hetero) is 2. The van der Waals surface area contributed by atoms with Crippen molar-refractivity contribution in [3.63, 3.8) is 0 Å². The molecule has 0 spiro atoms. The second kappa shape index (κ2) is 7.73. The molecule has 3 nitrogen and oxygen atoms in total. The zero-order chi connectivity index (χ0) is 14.4. The number of hydrogen-bond acceptors (Lipinski definition) is 4. The molecule has 0 bridgehead atoms. The van der Waals surface area contributed by atoms with Gasteiger partial charge < -0.3 is 5.11 Å². The van der Waals surface area contributed by atoms with Gasteiger partial charge in [-0.25, -0.2) is 0 Å². The summed E-state index contributed by atoms with van der Waals surface area (Å²) in [7, 11) is 0. The molecule has 0 aliphatic heterocycles. The van der Waals surface area contributed by atoms with Crippen molar-refractivity contribution in [2.75, 3.05) is 5.75 Å². The standard InChI is InChI=1S/C15H24O3S/c1-4-6-12(16)15-13(17)8-11(9-14(15)18)7-10(3)19-5-2/h10-11,17H,4-9H2,1-3H3. The Bertz CT molecular complexity index is 374. The van der Waals surface area contributed by atoms with E-state index in [1.807, 2.05) is 18.7 Å². The summed E-state index contributed by atoms with van der Waals surface area (Å²) in [6.07, 6.45) is 2.85. The Hall–Kier alpha value is -0.770. The number of carbonyl (C=O) groups excluding carboxylic acids is 2. The minimum absolute atomic E-state index is 0.0217. The molecule has 0 aromatic carbocycles. The SMILES string of the molecule is CCCC(=O)C1=C(O)CC(CC(C)SCC)CC1=O. The molecule has 2 atom stereocenters. The normalized spacial score (nSPS) is 21.6. The highest BCUT2D eigenvalue weighted by Crippen LogP contribution is 2.32. The Labute approximate surface area is 119 Å². The maximum Gasteiger partial charge on any atom is 0.170 e. The fraction of sp³-hybridized carbons (Fsp3) is 0.733. The lowest BCUT2D eigenvalue weighted by molar-refractivity contribution is -0.123. The van der Waals surface area contributed by atoms with Gasteiger partial charge in [-0.3, -0.25) is 9.59 Å². The Morgan fingerprint density at radius 1 is 1.42 bits per heavy atom. The van der Waals surface area contributed by atoms with Crippen molar-refractivity contribution in [2.45, 2.75) is 58.1 Å². The van der Waals surface area contributed by atoms with Crippen LogP contribution >= 0.6 is 11.8 Å². The molecule has 0 saturated heterocycles. The third-order valence-electron chi connectivity index (χ3n) is 3.40. The van der Waals surface area contributed by atoms with Crippen LogP contribution in [0.3, 0.4) is 0 Å². The van der Waals surface area contributed by atoms with E-state index in [-0.39, 0.29) is 28.8 Å². The number of aliphatic hydroxyl groups excluding tert-OH is 1. The molecule has 0 aromatic heterocycles. The molecule has 2 unspecified atom stereocenters. The van der Waals surface area contributed by atoms with E-state index in [0.29, 0.717) is 30.9 Å². The number of hydrogen-bond donors (Lipinski definition) is 1. The number of thioether (sulfide) groups is 1. The van der Waals surface area contributed by atoms with E-state index in [2.05, 4.69) is 13.8 Å². The molecule has 0 radical (unpaired) electrons. The van der Waals surface area contributed by atoms with Gasteiger partial charge in [-0.2, -0.15) is 11.8 Å². The van der Waals surface area contributed by atoms with Gasteiger partial charge in [0.25, 0.3) is 0 Å². The van der Waals surface area contributed by atoms with Gasteiger partial charge >= 0.3 is 0 Å². The summed E-state index contributed by atoms with van der Waals surface area (Å²) in [5, 5.41) is 10.5. The van der Waals surface area contributed by atoms with Crippen LogP contribution in [0.1, 0.15) is 52.9 Å². The molecule has 0 fully saturated rings. The molecule has 0 aromatic rings. The van der Waals surface area contributed by atoms with Crippen LogP contribution in [0.15, 0.2) is 11.3 Å². The fourth-order valence-corrected chi connectivity index (χ4v) is 3.61. The van der Waals surface area contributed by atoms with Gasteiger partial charge in [0.1, 0.15) is 5.76 Å². The van der Waals surface area contributed by atoms with Crippen molar-refractivity contribution in [1.29, 1.82) is 0 Å². The quantitative estimate of drug-likeness (QED) is 0.725. The molecule has 0 heterocycles. The van der Waals surface area contributed by atoms with Gasteiger partial charge in [-0.15, -0.1) is 0 Å². The number of rotatable bonds is 7. The van der Waals surface area contributed by atoms with Crippen LogP contribution in [0.2, 0.25) is 0 Å². The summed E-state index contributed by atoms with van der Waals surface area (Å²) in [5.41, 5.74) is 0.0777. The van der Waals surface area contributed by atoms with Crippen molar-refractivity contribution in [1.82, 2.24) is 0 Å². The molecular weight excluding hydrogens is 260 g/mol. The molecule has 1 N–H and O–H groups in total. The van der Waals surface area contributed by atoms with Crippen LogP contribution in [0.25, 0.3) is 0 Å². The highest BCUT2D eigenvalue weighted by atomic mass is 32.2. The molecule has 0 saturated carbocycles. The van der Waals surface area contributed by atoms with Crippen LogP contribution < -0.4 is 0 Å². The van der Waals surface area contributed by atoms with Crippen LogP contribution in [-0.2, 0) is 9.59 Å². The minimum atomic E-state index is -0.195. The van der Waals surface area contributed by atoms with E-state index in [1.54, 1.807) is 0 Å². The van der Waals surface area contributed by atoms with Crippen molar-refractivity contribution in [3.8, 4) is 0 Å². The Kier molecular flexibility index (Phi) is 6.63. The van der Waals surface area contributed by atoms with Crippen LogP contribution in [-0.4, -0.2) is 27.7 Å². The third-order valence-corrected chi connectivity index (χ3v) is 4.49. The predicted molar refractivity (Wildman–Crippen MR) is 79.5 cm³/mol. The summed E-state index contributed by atoms with van der Waals surface area (Å²) in [5.74, 6) is 0.901. The second-order valence-electron chi connectivity index (χ2n) is 5.19. The number of allylic oxidation sites excluding steroid dienone is 2. The van der Waals surface area contributed by atoms with Crippen molar-refractivity contribution in [2.24, 2.45) is 5.92 Å². The van der Waals surface area contributed by atoms with E-state index in [1.165, 1.54) is 0 Å².